The summed E-state index contributed by atoms with van der Waals surface area (Å²) >= 11 is 0. The molecule has 0 aliphatic heterocycles. The first kappa shape index (κ1) is 9.74. The largest absolute Gasteiger partial charge is 0.368 e. The Bertz CT molecular complexity index is 272. The molecule has 0 aliphatic rings. The molecule has 70 valence electrons. The van der Waals surface area contributed by atoms with Crippen LogP contribution in [0.15, 0.2) is 30.3 Å². The van der Waals surface area contributed by atoms with Crippen LogP contribution in [-0.4, -0.2) is 19.0 Å². The van der Waals surface area contributed by atoms with Crippen LogP contribution in [-0.2, 0) is 11.2 Å². The smallest absolute Gasteiger partial charge is 0.234 e. The van der Waals surface area contributed by atoms with Gasteiger partial charge in [0.1, 0.15) is 0 Å². The normalized spacial score (nSPS) is 12.4. The Balaban J connectivity index is 2.62. The van der Waals surface area contributed by atoms with Crippen molar-refractivity contribution in [3.63, 3.8) is 0 Å². The van der Waals surface area contributed by atoms with Gasteiger partial charge in [-0.1, -0.05) is 30.3 Å². The van der Waals surface area contributed by atoms with E-state index in [1.54, 1.807) is 7.05 Å². The van der Waals surface area contributed by atoms with Gasteiger partial charge in [-0.05, 0) is 19.0 Å². The van der Waals surface area contributed by atoms with Gasteiger partial charge in [-0.25, -0.2) is 0 Å². The summed E-state index contributed by atoms with van der Waals surface area (Å²) in [5.41, 5.74) is 6.31. The lowest BCUT2D eigenvalue weighted by atomic mass is 10.1. The molecule has 0 saturated heterocycles. The van der Waals surface area contributed by atoms with Gasteiger partial charge in [0.2, 0.25) is 5.91 Å². The predicted octanol–water partition coefficient (Wildman–Crippen LogP) is 0.302. The number of nitrogens with two attached hydrogens (primary N) is 1. The molecule has 0 spiro atoms. The quantitative estimate of drug-likeness (QED) is 0.697. The number of rotatable bonds is 4. The number of nitrogens with one attached hydrogen (secondary N) is 1. The summed E-state index contributed by atoms with van der Waals surface area (Å²) < 4.78 is 0. The Hall–Kier alpha value is -1.35. The number of benzene rings is 1. The average Bonchev–Trinajstić information content (AvgIpc) is 2.15. The van der Waals surface area contributed by atoms with Gasteiger partial charge in [-0.15, -0.1) is 0 Å². The van der Waals surface area contributed by atoms with Crippen LogP contribution in [0.1, 0.15) is 5.56 Å². The van der Waals surface area contributed by atoms with Gasteiger partial charge >= 0.3 is 0 Å². The lowest BCUT2D eigenvalue weighted by Crippen LogP contribution is -2.40. The molecule has 0 radical (unpaired) electrons. The van der Waals surface area contributed by atoms with Gasteiger partial charge in [-0.3, -0.25) is 4.79 Å². The van der Waals surface area contributed by atoms with Crippen LogP contribution in [0.2, 0.25) is 0 Å². The molecule has 3 heteroatoms. The SMILES string of the molecule is CNC(Cc1ccccc1)C(N)=O. The Kier molecular flexibility index (Phi) is 3.46. The first-order valence-electron chi connectivity index (χ1n) is 4.24. The van der Waals surface area contributed by atoms with Crippen LogP contribution in [0.4, 0.5) is 0 Å². The van der Waals surface area contributed by atoms with Crippen molar-refractivity contribution in [2.75, 3.05) is 7.05 Å². The third kappa shape index (κ3) is 2.87. The van der Waals surface area contributed by atoms with Gasteiger partial charge in [-0.2, -0.15) is 0 Å². The summed E-state index contributed by atoms with van der Waals surface area (Å²) in [5, 5.41) is 2.88. The molecule has 1 aromatic rings. The molecular formula is C10H14N2O. The molecule has 13 heavy (non-hydrogen) atoms. The minimum atomic E-state index is -0.314. The van der Waals surface area contributed by atoms with E-state index in [0.29, 0.717) is 6.42 Å². The van der Waals surface area contributed by atoms with Gasteiger partial charge < -0.3 is 11.1 Å². The summed E-state index contributed by atoms with van der Waals surface area (Å²) in [6.45, 7) is 0. The second-order valence-electron chi connectivity index (χ2n) is 2.93. The van der Waals surface area contributed by atoms with Gasteiger partial charge in [0.15, 0.2) is 0 Å². The molecular weight excluding hydrogens is 164 g/mol. The number of carbonyl (C=O) groups is 1. The first-order valence-corrected chi connectivity index (χ1v) is 4.24. The van der Waals surface area contributed by atoms with Crippen LogP contribution >= 0.6 is 0 Å². The summed E-state index contributed by atoms with van der Waals surface area (Å²) in [5.74, 6) is -0.314. The highest BCUT2D eigenvalue weighted by Crippen LogP contribution is 2.02. The molecule has 1 aromatic carbocycles. The second-order valence-corrected chi connectivity index (χ2v) is 2.93. The van der Waals surface area contributed by atoms with E-state index < -0.39 is 0 Å². The van der Waals surface area contributed by atoms with Crippen LogP contribution in [0, 0.1) is 0 Å². The number of primary amides is 1. The fourth-order valence-electron chi connectivity index (χ4n) is 1.19. The lowest BCUT2D eigenvalue weighted by molar-refractivity contribution is -0.119. The minimum Gasteiger partial charge on any atom is -0.368 e. The van der Waals surface area contributed by atoms with Crippen LogP contribution in [0.25, 0.3) is 0 Å². The maximum Gasteiger partial charge on any atom is 0.234 e. The maximum atomic E-state index is 10.9. The molecule has 3 N–H and O–H groups in total. The molecule has 1 atom stereocenters. The molecule has 1 rings (SSSR count). The van der Waals surface area contributed by atoms with E-state index in [2.05, 4.69) is 5.32 Å². The fourth-order valence-corrected chi connectivity index (χ4v) is 1.19. The number of hydrogen-bond donors (Lipinski definition) is 2. The van der Waals surface area contributed by atoms with E-state index in [1.807, 2.05) is 30.3 Å². The van der Waals surface area contributed by atoms with Crippen LogP contribution < -0.4 is 11.1 Å². The predicted molar refractivity (Wildman–Crippen MR) is 52.2 cm³/mol. The molecule has 0 heterocycles. The van der Waals surface area contributed by atoms with Gasteiger partial charge in [0, 0.05) is 0 Å². The zero-order chi connectivity index (χ0) is 9.68. The third-order valence-corrected chi connectivity index (χ3v) is 1.97. The van der Waals surface area contributed by atoms with Crippen molar-refractivity contribution in [3.05, 3.63) is 35.9 Å². The molecule has 3 nitrogen and oxygen atoms in total. The van der Waals surface area contributed by atoms with E-state index >= 15 is 0 Å². The van der Waals surface area contributed by atoms with Crippen molar-refractivity contribution < 1.29 is 4.79 Å². The zero-order valence-corrected chi connectivity index (χ0v) is 7.66. The maximum absolute atomic E-state index is 10.9. The average molecular weight is 178 g/mol. The highest BCUT2D eigenvalue weighted by molar-refractivity contribution is 5.80. The number of likely N-dealkylation sites (N-methyl/N-ethyl adjacent to an activating group) is 1. The van der Waals surface area contributed by atoms with Gasteiger partial charge in [0.25, 0.3) is 0 Å². The van der Waals surface area contributed by atoms with Crippen LogP contribution in [0.5, 0.6) is 0 Å². The highest BCUT2D eigenvalue weighted by Gasteiger charge is 2.12. The molecule has 0 fully saturated rings. The Morgan fingerprint density at radius 1 is 1.46 bits per heavy atom. The highest BCUT2D eigenvalue weighted by atomic mass is 16.1. The summed E-state index contributed by atoms with van der Waals surface area (Å²) in [4.78, 5) is 10.9. The number of carbonyl (C=O) groups excluding carboxylic acids is 1. The fraction of sp³-hybridized carbons (Fsp3) is 0.300. The molecule has 0 bridgehead atoms. The minimum absolute atomic E-state index is 0.276. The Morgan fingerprint density at radius 2 is 2.08 bits per heavy atom. The molecule has 0 aromatic heterocycles. The molecule has 1 unspecified atom stereocenters. The van der Waals surface area contributed by atoms with E-state index in [-0.39, 0.29) is 11.9 Å². The Morgan fingerprint density at radius 3 is 2.54 bits per heavy atom. The summed E-state index contributed by atoms with van der Waals surface area (Å²) in [6.07, 6.45) is 0.646. The molecule has 1 amide bonds. The number of amides is 1. The van der Waals surface area contributed by atoms with E-state index in [1.165, 1.54) is 0 Å². The van der Waals surface area contributed by atoms with E-state index in [0.717, 1.165) is 5.56 Å². The van der Waals surface area contributed by atoms with Crippen molar-refractivity contribution in [3.8, 4) is 0 Å². The third-order valence-electron chi connectivity index (χ3n) is 1.97. The van der Waals surface area contributed by atoms with Gasteiger partial charge in [0.05, 0.1) is 6.04 Å². The van der Waals surface area contributed by atoms with Crippen molar-refractivity contribution in [1.82, 2.24) is 5.32 Å². The first-order chi connectivity index (χ1) is 6.24. The van der Waals surface area contributed by atoms with E-state index in [9.17, 15) is 4.79 Å². The molecule has 0 saturated carbocycles. The summed E-state index contributed by atoms with van der Waals surface area (Å²) in [7, 11) is 1.73. The zero-order valence-electron chi connectivity index (χ0n) is 7.66. The number of hydrogen-bond acceptors (Lipinski definition) is 2. The van der Waals surface area contributed by atoms with Crippen LogP contribution in [0.3, 0.4) is 0 Å². The monoisotopic (exact) mass is 178 g/mol. The molecule has 0 aliphatic carbocycles. The van der Waals surface area contributed by atoms with Crippen molar-refractivity contribution in [2.45, 2.75) is 12.5 Å². The summed E-state index contributed by atoms with van der Waals surface area (Å²) in [6, 6.07) is 9.52. The second kappa shape index (κ2) is 4.62. The standard InChI is InChI=1S/C10H14N2O/c1-12-9(10(11)13)7-8-5-3-2-4-6-8/h2-6,9,12H,7H2,1H3,(H2,11,13). The van der Waals surface area contributed by atoms with Crippen molar-refractivity contribution in [1.29, 1.82) is 0 Å². The topological polar surface area (TPSA) is 55.1 Å². The Labute approximate surface area is 77.9 Å². The van der Waals surface area contributed by atoms with E-state index in [4.69, 9.17) is 5.73 Å². The lowest BCUT2D eigenvalue weighted by Gasteiger charge is -2.11. The van der Waals surface area contributed by atoms with Crippen molar-refractivity contribution >= 4 is 5.91 Å². The van der Waals surface area contributed by atoms with Crippen molar-refractivity contribution in [2.24, 2.45) is 5.73 Å².